The van der Waals surface area contributed by atoms with Gasteiger partial charge in [0.1, 0.15) is 0 Å². The minimum Gasteiger partial charge on any atom is -0.361 e. The molecule has 0 aliphatic rings. The van der Waals surface area contributed by atoms with Gasteiger partial charge in [0, 0.05) is 18.8 Å². The van der Waals surface area contributed by atoms with Gasteiger partial charge in [0.25, 0.3) is 0 Å². The maximum absolute atomic E-state index is 5.28. The molecule has 106 valence electrons. The fourth-order valence-corrected chi connectivity index (χ4v) is 2.21. The quantitative estimate of drug-likeness (QED) is 0.715. The van der Waals surface area contributed by atoms with Gasteiger partial charge >= 0.3 is 0 Å². The average Bonchev–Trinajstić information content (AvgIpc) is 2.40. The molecule has 0 atom stereocenters. The molecule has 0 aliphatic heterocycles. The second-order valence-electron chi connectivity index (χ2n) is 4.59. The van der Waals surface area contributed by atoms with E-state index in [0.29, 0.717) is 5.11 Å². The number of benzene rings is 1. The van der Waals surface area contributed by atoms with E-state index in [1.807, 2.05) is 30.3 Å². The van der Waals surface area contributed by atoms with E-state index in [0.717, 1.165) is 31.9 Å². The molecule has 1 aromatic carbocycles. The van der Waals surface area contributed by atoms with Crippen LogP contribution < -0.4 is 10.6 Å². The van der Waals surface area contributed by atoms with E-state index >= 15 is 0 Å². The molecule has 0 unspecified atom stereocenters. The number of anilines is 1. The molecular weight excluding hydrogens is 254 g/mol. The van der Waals surface area contributed by atoms with E-state index in [4.69, 9.17) is 12.2 Å². The highest BCUT2D eigenvalue weighted by atomic mass is 32.1. The topological polar surface area (TPSA) is 27.3 Å². The summed E-state index contributed by atoms with van der Waals surface area (Å²) < 4.78 is 0. The van der Waals surface area contributed by atoms with Crippen molar-refractivity contribution in [1.82, 2.24) is 10.2 Å². The van der Waals surface area contributed by atoms with E-state index in [1.54, 1.807) is 0 Å². The summed E-state index contributed by atoms with van der Waals surface area (Å²) >= 11 is 5.28. The first kappa shape index (κ1) is 15.9. The van der Waals surface area contributed by atoms with Crippen molar-refractivity contribution >= 4 is 23.0 Å². The second kappa shape index (κ2) is 9.75. The summed E-state index contributed by atoms with van der Waals surface area (Å²) in [6.07, 6.45) is 2.40. The standard InChI is InChI=1S/C15H25N3S/c1-3-11-18(12-4-2)13-10-16-15(19)17-14-8-6-5-7-9-14/h5-9H,3-4,10-13H2,1-2H3,(H2,16,17,19). The van der Waals surface area contributed by atoms with Gasteiger partial charge < -0.3 is 15.5 Å². The Morgan fingerprint density at radius 3 is 2.26 bits per heavy atom. The molecule has 0 saturated heterocycles. The minimum atomic E-state index is 0.694. The number of nitrogens with zero attached hydrogens (tertiary/aromatic N) is 1. The summed E-state index contributed by atoms with van der Waals surface area (Å²) in [7, 11) is 0. The predicted molar refractivity (Wildman–Crippen MR) is 87.7 cm³/mol. The number of para-hydroxylation sites is 1. The smallest absolute Gasteiger partial charge is 0.170 e. The van der Waals surface area contributed by atoms with Crippen LogP contribution in [0.5, 0.6) is 0 Å². The Labute approximate surface area is 122 Å². The lowest BCUT2D eigenvalue weighted by Crippen LogP contribution is -2.37. The van der Waals surface area contributed by atoms with Gasteiger partial charge in [0.15, 0.2) is 5.11 Å². The third kappa shape index (κ3) is 7.13. The van der Waals surface area contributed by atoms with E-state index in [-0.39, 0.29) is 0 Å². The van der Waals surface area contributed by atoms with Gasteiger partial charge in [-0.3, -0.25) is 0 Å². The fraction of sp³-hybridized carbons (Fsp3) is 0.533. The van der Waals surface area contributed by atoms with Crippen LogP contribution in [0.15, 0.2) is 30.3 Å². The van der Waals surface area contributed by atoms with Gasteiger partial charge in [-0.25, -0.2) is 0 Å². The molecule has 19 heavy (non-hydrogen) atoms. The molecule has 0 bridgehead atoms. The van der Waals surface area contributed by atoms with Crippen LogP contribution in [0.3, 0.4) is 0 Å². The number of nitrogens with one attached hydrogen (secondary N) is 2. The summed E-state index contributed by atoms with van der Waals surface area (Å²) in [6, 6.07) is 10.0. The number of hydrogen-bond donors (Lipinski definition) is 2. The highest BCUT2D eigenvalue weighted by molar-refractivity contribution is 7.80. The van der Waals surface area contributed by atoms with Gasteiger partial charge in [-0.15, -0.1) is 0 Å². The summed E-state index contributed by atoms with van der Waals surface area (Å²) in [4.78, 5) is 2.47. The molecule has 0 saturated carbocycles. The first-order valence-electron chi connectivity index (χ1n) is 7.08. The van der Waals surface area contributed by atoms with Crippen molar-refractivity contribution in [2.24, 2.45) is 0 Å². The average molecular weight is 279 g/mol. The Balaban J connectivity index is 2.22. The Morgan fingerprint density at radius 2 is 1.68 bits per heavy atom. The summed E-state index contributed by atoms with van der Waals surface area (Å²) in [5, 5.41) is 7.13. The van der Waals surface area contributed by atoms with E-state index in [2.05, 4.69) is 29.4 Å². The van der Waals surface area contributed by atoms with E-state index in [9.17, 15) is 0 Å². The van der Waals surface area contributed by atoms with Crippen molar-refractivity contribution in [2.45, 2.75) is 26.7 Å². The maximum atomic E-state index is 5.28. The van der Waals surface area contributed by atoms with Crippen LogP contribution in [0.1, 0.15) is 26.7 Å². The first-order chi connectivity index (χ1) is 9.26. The third-order valence-electron chi connectivity index (χ3n) is 2.82. The number of rotatable bonds is 8. The molecule has 0 fully saturated rings. The molecule has 0 aliphatic carbocycles. The number of thiocarbonyl (C=S) groups is 1. The molecule has 2 N–H and O–H groups in total. The molecule has 4 heteroatoms. The normalized spacial score (nSPS) is 10.5. The summed E-state index contributed by atoms with van der Waals surface area (Å²) in [5.41, 5.74) is 1.03. The number of hydrogen-bond acceptors (Lipinski definition) is 2. The molecule has 3 nitrogen and oxygen atoms in total. The highest BCUT2D eigenvalue weighted by Crippen LogP contribution is 2.04. The monoisotopic (exact) mass is 279 g/mol. The molecule has 0 radical (unpaired) electrons. The van der Waals surface area contributed by atoms with E-state index < -0.39 is 0 Å². The van der Waals surface area contributed by atoms with Crippen LogP contribution >= 0.6 is 12.2 Å². The van der Waals surface area contributed by atoms with Gasteiger partial charge in [-0.05, 0) is 50.3 Å². The van der Waals surface area contributed by atoms with Crippen molar-refractivity contribution < 1.29 is 0 Å². The lowest BCUT2D eigenvalue weighted by molar-refractivity contribution is 0.279. The Bertz CT molecular complexity index is 348. The predicted octanol–water partition coefficient (Wildman–Crippen LogP) is 3.10. The Kier molecular flexibility index (Phi) is 8.18. The SMILES string of the molecule is CCCN(CCC)CCNC(=S)Nc1ccccc1. The first-order valence-corrected chi connectivity index (χ1v) is 7.49. The fourth-order valence-electron chi connectivity index (χ4n) is 1.99. The Morgan fingerprint density at radius 1 is 1.05 bits per heavy atom. The molecule has 1 aromatic rings. The van der Waals surface area contributed by atoms with Crippen molar-refractivity contribution in [3.8, 4) is 0 Å². The zero-order chi connectivity index (χ0) is 13.9. The lowest BCUT2D eigenvalue weighted by atomic mass is 10.3. The van der Waals surface area contributed by atoms with Gasteiger partial charge in [-0.1, -0.05) is 32.0 Å². The third-order valence-corrected chi connectivity index (χ3v) is 3.07. The molecule has 0 aromatic heterocycles. The zero-order valence-electron chi connectivity index (χ0n) is 12.0. The molecule has 0 amide bonds. The molecule has 0 heterocycles. The van der Waals surface area contributed by atoms with Crippen LogP contribution in [-0.2, 0) is 0 Å². The largest absolute Gasteiger partial charge is 0.361 e. The Hall–Kier alpha value is -1.13. The molecule has 1 rings (SSSR count). The van der Waals surface area contributed by atoms with Crippen LogP contribution in [0, 0.1) is 0 Å². The molecular formula is C15H25N3S. The van der Waals surface area contributed by atoms with Crippen molar-refractivity contribution in [1.29, 1.82) is 0 Å². The van der Waals surface area contributed by atoms with E-state index in [1.165, 1.54) is 12.8 Å². The maximum Gasteiger partial charge on any atom is 0.170 e. The highest BCUT2D eigenvalue weighted by Gasteiger charge is 2.02. The zero-order valence-corrected chi connectivity index (χ0v) is 12.8. The lowest BCUT2D eigenvalue weighted by Gasteiger charge is -2.21. The molecule has 0 spiro atoms. The summed E-state index contributed by atoms with van der Waals surface area (Å²) in [6.45, 7) is 8.69. The van der Waals surface area contributed by atoms with Gasteiger partial charge in [-0.2, -0.15) is 0 Å². The van der Waals surface area contributed by atoms with Crippen LogP contribution in [0.25, 0.3) is 0 Å². The van der Waals surface area contributed by atoms with Crippen LogP contribution in [0.2, 0.25) is 0 Å². The van der Waals surface area contributed by atoms with Gasteiger partial charge in [0.05, 0.1) is 0 Å². The minimum absolute atomic E-state index is 0.694. The van der Waals surface area contributed by atoms with Crippen molar-refractivity contribution in [3.63, 3.8) is 0 Å². The second-order valence-corrected chi connectivity index (χ2v) is 5.00. The summed E-state index contributed by atoms with van der Waals surface area (Å²) in [5.74, 6) is 0. The van der Waals surface area contributed by atoms with Crippen LogP contribution in [-0.4, -0.2) is 36.2 Å². The van der Waals surface area contributed by atoms with Crippen molar-refractivity contribution in [2.75, 3.05) is 31.5 Å². The van der Waals surface area contributed by atoms with Gasteiger partial charge in [0.2, 0.25) is 0 Å². The van der Waals surface area contributed by atoms with Crippen LogP contribution in [0.4, 0.5) is 5.69 Å². The van der Waals surface area contributed by atoms with Crippen molar-refractivity contribution in [3.05, 3.63) is 30.3 Å².